The number of methoxy groups -OCH3 is 2. The second kappa shape index (κ2) is 10.2. The molecule has 0 saturated heterocycles. The second-order valence-corrected chi connectivity index (χ2v) is 10.5. The molecule has 0 aromatic heterocycles. The van der Waals surface area contributed by atoms with Gasteiger partial charge in [0, 0.05) is 19.1 Å². The van der Waals surface area contributed by atoms with Crippen molar-refractivity contribution in [1.82, 2.24) is 9.62 Å². The average Bonchev–Trinajstić information content (AvgIpc) is 2.84. The molecule has 1 aliphatic heterocycles. The Balaban J connectivity index is 1.72. The van der Waals surface area contributed by atoms with Gasteiger partial charge in [-0.05, 0) is 61.2 Å². The highest BCUT2D eigenvalue weighted by atomic mass is 32.2. The average molecular weight is 481 g/mol. The Labute approximate surface area is 202 Å². The third-order valence-electron chi connectivity index (χ3n) is 6.40. The molecule has 0 fully saturated rings. The smallest absolute Gasteiger partial charge is 0.240 e. The normalized spacial score (nSPS) is 17.1. The molecule has 2 unspecified atom stereocenters. The topological polar surface area (TPSA) is 67.9 Å². The van der Waals surface area contributed by atoms with Gasteiger partial charge in [0.05, 0.1) is 25.2 Å². The number of fused-ring (bicyclic) bond motifs is 1. The first-order valence-corrected chi connectivity index (χ1v) is 12.9. The van der Waals surface area contributed by atoms with Gasteiger partial charge in [0.15, 0.2) is 11.5 Å². The highest BCUT2D eigenvalue weighted by Gasteiger charge is 2.35. The summed E-state index contributed by atoms with van der Waals surface area (Å²) in [6.45, 7) is 5.53. The standard InChI is InChI=1S/C27H32N2O4S/c1-19-10-12-21(13-11-19)18-29-15-14-22-16-25(32-3)26(33-4)17-24(22)27(29)20(2)28-34(30,31)23-8-6-5-7-9-23/h5-13,16-17,20,27-28H,14-15,18H2,1-4H3. The molecule has 3 aromatic rings. The van der Waals surface area contributed by atoms with Gasteiger partial charge >= 0.3 is 0 Å². The Hall–Kier alpha value is -2.87. The molecule has 34 heavy (non-hydrogen) atoms. The van der Waals surface area contributed by atoms with Crippen LogP contribution in [0.2, 0.25) is 0 Å². The van der Waals surface area contributed by atoms with Crippen molar-refractivity contribution in [3.8, 4) is 11.5 Å². The van der Waals surface area contributed by atoms with E-state index in [-0.39, 0.29) is 17.0 Å². The highest BCUT2D eigenvalue weighted by molar-refractivity contribution is 7.89. The fourth-order valence-electron chi connectivity index (χ4n) is 4.70. The molecule has 2 atom stereocenters. The monoisotopic (exact) mass is 480 g/mol. The van der Waals surface area contributed by atoms with E-state index in [0.717, 1.165) is 30.6 Å². The minimum atomic E-state index is -3.67. The molecule has 3 aromatic carbocycles. The van der Waals surface area contributed by atoms with E-state index in [1.807, 2.05) is 25.1 Å². The van der Waals surface area contributed by atoms with E-state index < -0.39 is 10.0 Å². The summed E-state index contributed by atoms with van der Waals surface area (Å²) in [4.78, 5) is 2.60. The van der Waals surface area contributed by atoms with E-state index in [9.17, 15) is 8.42 Å². The molecule has 0 saturated carbocycles. The lowest BCUT2D eigenvalue weighted by Crippen LogP contribution is -2.47. The molecule has 0 radical (unpaired) electrons. The van der Waals surface area contributed by atoms with Gasteiger partial charge in [-0.3, -0.25) is 4.90 Å². The molecule has 1 N–H and O–H groups in total. The first-order chi connectivity index (χ1) is 16.3. The van der Waals surface area contributed by atoms with Crippen LogP contribution in [0.1, 0.15) is 35.2 Å². The third-order valence-corrected chi connectivity index (χ3v) is 7.98. The highest BCUT2D eigenvalue weighted by Crippen LogP contribution is 2.40. The van der Waals surface area contributed by atoms with E-state index in [4.69, 9.17) is 9.47 Å². The molecule has 1 heterocycles. The number of rotatable bonds is 8. The predicted octanol–water partition coefficient (Wildman–Crippen LogP) is 4.48. The molecule has 6 nitrogen and oxygen atoms in total. The zero-order valence-electron chi connectivity index (χ0n) is 20.1. The van der Waals surface area contributed by atoms with Crippen molar-refractivity contribution in [2.75, 3.05) is 20.8 Å². The van der Waals surface area contributed by atoms with Crippen LogP contribution in [-0.2, 0) is 23.0 Å². The predicted molar refractivity (Wildman–Crippen MR) is 134 cm³/mol. The maximum atomic E-state index is 13.1. The lowest BCUT2D eigenvalue weighted by Gasteiger charge is -2.41. The molecule has 0 aliphatic carbocycles. The summed E-state index contributed by atoms with van der Waals surface area (Å²) in [6.07, 6.45) is 0.843. The molecule has 1 aliphatic rings. The summed E-state index contributed by atoms with van der Waals surface area (Å²) in [5.41, 5.74) is 4.61. The van der Waals surface area contributed by atoms with E-state index in [1.165, 1.54) is 11.1 Å². The van der Waals surface area contributed by atoms with Gasteiger partial charge in [0.2, 0.25) is 10.0 Å². The molecule has 0 spiro atoms. The molecule has 0 bridgehead atoms. The van der Waals surface area contributed by atoms with Crippen molar-refractivity contribution in [2.24, 2.45) is 0 Å². The molecule has 4 rings (SSSR count). The molecular weight excluding hydrogens is 448 g/mol. The number of sulfonamides is 1. The van der Waals surface area contributed by atoms with Crippen molar-refractivity contribution in [1.29, 1.82) is 0 Å². The zero-order chi connectivity index (χ0) is 24.3. The summed E-state index contributed by atoms with van der Waals surface area (Å²) in [5, 5.41) is 0. The van der Waals surface area contributed by atoms with Gasteiger partial charge in [-0.1, -0.05) is 48.0 Å². The third kappa shape index (κ3) is 5.12. The number of nitrogens with zero attached hydrogens (tertiary/aromatic N) is 1. The Morgan fingerprint density at radius 1 is 1.00 bits per heavy atom. The summed E-state index contributed by atoms with van der Waals surface area (Å²) in [5.74, 6) is 1.33. The Morgan fingerprint density at radius 3 is 2.29 bits per heavy atom. The van der Waals surface area contributed by atoms with Crippen molar-refractivity contribution in [2.45, 2.75) is 43.8 Å². The minimum absolute atomic E-state index is 0.177. The van der Waals surface area contributed by atoms with Crippen LogP contribution in [0.25, 0.3) is 0 Å². The van der Waals surface area contributed by atoms with Crippen LogP contribution in [0.5, 0.6) is 11.5 Å². The van der Waals surface area contributed by atoms with Gasteiger partial charge in [-0.25, -0.2) is 13.1 Å². The SMILES string of the molecule is COc1cc2c(cc1OC)C(C(C)NS(=O)(=O)c1ccccc1)N(Cc1ccc(C)cc1)CC2. The van der Waals surface area contributed by atoms with Gasteiger partial charge in [0.1, 0.15) is 0 Å². The van der Waals surface area contributed by atoms with Crippen LogP contribution >= 0.6 is 0 Å². The maximum absolute atomic E-state index is 13.1. The van der Waals surface area contributed by atoms with E-state index in [2.05, 4.69) is 40.8 Å². The summed E-state index contributed by atoms with van der Waals surface area (Å²) < 4.78 is 40.3. The number of aryl methyl sites for hydroxylation is 1. The lowest BCUT2D eigenvalue weighted by molar-refractivity contribution is 0.150. The van der Waals surface area contributed by atoms with Crippen LogP contribution in [0, 0.1) is 6.92 Å². The quantitative estimate of drug-likeness (QED) is 0.515. The molecule has 7 heteroatoms. The summed E-state index contributed by atoms with van der Waals surface area (Å²) >= 11 is 0. The van der Waals surface area contributed by atoms with Crippen LogP contribution in [0.3, 0.4) is 0 Å². The molecular formula is C27H32N2O4S. The van der Waals surface area contributed by atoms with E-state index >= 15 is 0 Å². The van der Waals surface area contributed by atoms with E-state index in [0.29, 0.717) is 11.5 Å². The van der Waals surface area contributed by atoms with Gasteiger partial charge in [-0.2, -0.15) is 0 Å². The largest absolute Gasteiger partial charge is 0.493 e. The number of hydrogen-bond acceptors (Lipinski definition) is 5. The van der Waals surface area contributed by atoms with Crippen molar-refractivity contribution in [3.05, 3.63) is 89.0 Å². The summed E-state index contributed by atoms with van der Waals surface area (Å²) in [7, 11) is -0.426. The Morgan fingerprint density at radius 2 is 1.65 bits per heavy atom. The Bertz CT molecular complexity index is 1230. The van der Waals surface area contributed by atoms with E-state index in [1.54, 1.807) is 38.5 Å². The van der Waals surface area contributed by atoms with Crippen molar-refractivity contribution >= 4 is 10.0 Å². The maximum Gasteiger partial charge on any atom is 0.240 e. The second-order valence-electron chi connectivity index (χ2n) is 8.78. The van der Waals surface area contributed by atoms with Crippen LogP contribution in [-0.4, -0.2) is 40.1 Å². The fourth-order valence-corrected chi connectivity index (χ4v) is 5.97. The number of benzene rings is 3. The van der Waals surface area contributed by atoms with Crippen LogP contribution in [0.15, 0.2) is 71.6 Å². The first kappa shape index (κ1) is 24.3. The lowest BCUT2D eigenvalue weighted by atomic mass is 9.88. The van der Waals surface area contributed by atoms with Crippen molar-refractivity contribution < 1.29 is 17.9 Å². The van der Waals surface area contributed by atoms with Crippen LogP contribution < -0.4 is 14.2 Å². The van der Waals surface area contributed by atoms with Gasteiger partial charge in [-0.15, -0.1) is 0 Å². The van der Waals surface area contributed by atoms with Gasteiger partial charge < -0.3 is 9.47 Å². The van der Waals surface area contributed by atoms with Crippen LogP contribution in [0.4, 0.5) is 0 Å². The Kier molecular flexibility index (Phi) is 7.26. The first-order valence-electron chi connectivity index (χ1n) is 11.4. The fraction of sp³-hybridized carbons (Fsp3) is 0.333. The molecule has 0 amide bonds. The summed E-state index contributed by atoms with van der Waals surface area (Å²) in [6, 6.07) is 20.4. The van der Waals surface area contributed by atoms with Crippen molar-refractivity contribution in [3.63, 3.8) is 0 Å². The molecule has 180 valence electrons. The number of nitrogens with one attached hydrogen (secondary N) is 1. The minimum Gasteiger partial charge on any atom is -0.493 e. The van der Waals surface area contributed by atoms with Gasteiger partial charge in [0.25, 0.3) is 0 Å². The number of hydrogen-bond donors (Lipinski definition) is 1. The zero-order valence-corrected chi connectivity index (χ0v) is 20.9. The number of ether oxygens (including phenoxy) is 2.